The highest BCUT2D eigenvalue weighted by Gasteiger charge is 2.67. The van der Waals surface area contributed by atoms with Gasteiger partial charge in [0.1, 0.15) is 12.2 Å². The van der Waals surface area contributed by atoms with Gasteiger partial charge in [-0.25, -0.2) is 9.17 Å². The summed E-state index contributed by atoms with van der Waals surface area (Å²) >= 11 is 0. The van der Waals surface area contributed by atoms with Gasteiger partial charge in [-0.2, -0.15) is 8.42 Å². The lowest BCUT2D eigenvalue weighted by atomic mass is 9.89. The van der Waals surface area contributed by atoms with Crippen LogP contribution in [0, 0.1) is 0 Å². The Labute approximate surface area is 229 Å². The Morgan fingerprint density at radius 3 is 2.21 bits per heavy atom. The molecule has 2 aliphatic rings. The smallest absolute Gasteiger partial charge is 0.292 e. The zero-order chi connectivity index (χ0) is 28.5. The van der Waals surface area contributed by atoms with Crippen LogP contribution < -0.4 is 5.73 Å². The number of benzene rings is 1. The second-order valence-corrected chi connectivity index (χ2v) is 24.4. The van der Waals surface area contributed by atoms with Gasteiger partial charge in [0.05, 0.1) is 35.1 Å². The molecule has 2 aliphatic heterocycles. The van der Waals surface area contributed by atoms with Crippen LogP contribution in [0.1, 0.15) is 47.8 Å². The van der Waals surface area contributed by atoms with Gasteiger partial charge < -0.3 is 23.9 Å². The van der Waals surface area contributed by atoms with Crippen molar-refractivity contribution in [2.24, 2.45) is 5.73 Å². The molecule has 2 N–H and O–H groups in total. The molecule has 1 fully saturated rings. The first-order valence-corrected chi connectivity index (χ1v) is 20.3. The lowest BCUT2D eigenvalue weighted by Gasteiger charge is -2.43. The minimum Gasteiger partial charge on any atom is -0.414 e. The second-order valence-electron chi connectivity index (χ2n) is 13.5. The molecule has 212 valence electrons. The van der Waals surface area contributed by atoms with E-state index in [2.05, 4.69) is 72.7 Å². The van der Waals surface area contributed by atoms with Crippen LogP contribution in [0.3, 0.4) is 0 Å². The van der Waals surface area contributed by atoms with Gasteiger partial charge in [-0.15, -0.1) is 0 Å². The molecule has 38 heavy (non-hydrogen) atoms. The van der Waals surface area contributed by atoms with Crippen molar-refractivity contribution in [2.75, 3.05) is 6.61 Å². The fourth-order valence-electron chi connectivity index (χ4n) is 4.40. The SMILES string of the molecule is CC(C)(C)[Si](C)(C)OCC1O[C@@H](n2cnc3ccccc32)[C@H](O[Si](C)(C)C(C)(C)C)C12OS(=O)(=O)C=C2N. The first-order chi connectivity index (χ1) is 17.2. The molecule has 1 aromatic heterocycles. The summed E-state index contributed by atoms with van der Waals surface area (Å²) in [6.45, 7) is 21.5. The molecule has 4 rings (SSSR count). The van der Waals surface area contributed by atoms with E-state index in [0.717, 1.165) is 16.4 Å². The molecule has 2 aromatic rings. The molecule has 0 amide bonds. The summed E-state index contributed by atoms with van der Waals surface area (Å²) in [6.07, 6.45) is -0.732. The maximum absolute atomic E-state index is 12.9. The van der Waals surface area contributed by atoms with E-state index in [-0.39, 0.29) is 22.4 Å². The van der Waals surface area contributed by atoms with E-state index in [0.29, 0.717) is 0 Å². The van der Waals surface area contributed by atoms with Gasteiger partial charge in [0.15, 0.2) is 28.5 Å². The van der Waals surface area contributed by atoms with Gasteiger partial charge in [0, 0.05) is 0 Å². The van der Waals surface area contributed by atoms with Crippen LogP contribution in [0.25, 0.3) is 11.0 Å². The van der Waals surface area contributed by atoms with Crippen molar-refractivity contribution in [2.45, 2.75) is 102 Å². The number of rotatable bonds is 6. The zero-order valence-electron chi connectivity index (χ0n) is 24.2. The van der Waals surface area contributed by atoms with Crippen LogP contribution >= 0.6 is 0 Å². The van der Waals surface area contributed by atoms with Gasteiger partial charge in [-0.05, 0) is 48.4 Å². The standard InChI is InChI=1S/C26H43N3O6SSi2/c1-24(2,3)37(7,8)32-15-21-26(20(27)16-36(30,31)35-26)22(34-38(9,10)25(4,5)6)23(33-21)29-17-28-18-13-11-12-14-19(18)29/h11-14,16-17,21-23H,15,27H2,1-10H3/t21?,22-,23+,26?/m0/s1. The fraction of sp³-hybridized carbons (Fsp3) is 0.654. The summed E-state index contributed by atoms with van der Waals surface area (Å²) in [5.74, 6) is 0. The summed E-state index contributed by atoms with van der Waals surface area (Å²) < 4.78 is 53.8. The number of ether oxygens (including phenoxy) is 1. The third-order valence-corrected chi connectivity index (χ3v) is 18.8. The predicted molar refractivity (Wildman–Crippen MR) is 154 cm³/mol. The van der Waals surface area contributed by atoms with E-state index in [1.807, 2.05) is 28.8 Å². The molecular weight excluding hydrogens is 539 g/mol. The first-order valence-electron chi connectivity index (χ1n) is 13.0. The van der Waals surface area contributed by atoms with E-state index in [9.17, 15) is 8.42 Å². The molecule has 1 aromatic carbocycles. The largest absolute Gasteiger partial charge is 0.414 e. The van der Waals surface area contributed by atoms with Gasteiger partial charge in [-0.1, -0.05) is 53.7 Å². The molecule has 12 heteroatoms. The molecule has 0 aliphatic carbocycles. The Kier molecular flexibility index (Phi) is 7.17. The van der Waals surface area contributed by atoms with E-state index in [1.54, 1.807) is 6.33 Å². The van der Waals surface area contributed by atoms with Crippen molar-refractivity contribution in [3.63, 3.8) is 0 Å². The number of imidazole rings is 1. The van der Waals surface area contributed by atoms with Crippen LogP contribution in [-0.2, 0) is 27.9 Å². The van der Waals surface area contributed by atoms with E-state index in [1.165, 1.54) is 0 Å². The molecule has 0 radical (unpaired) electrons. The number of para-hydroxylation sites is 2. The first kappa shape index (κ1) is 29.4. The third kappa shape index (κ3) is 4.93. The normalized spacial score (nSPS) is 28.4. The molecular formula is C26H43N3O6SSi2. The van der Waals surface area contributed by atoms with Crippen molar-refractivity contribution in [1.82, 2.24) is 9.55 Å². The van der Waals surface area contributed by atoms with Gasteiger partial charge in [-0.3, -0.25) is 0 Å². The highest BCUT2D eigenvalue weighted by molar-refractivity contribution is 7.90. The highest BCUT2D eigenvalue weighted by atomic mass is 32.2. The summed E-state index contributed by atoms with van der Waals surface area (Å²) in [7, 11) is -8.77. The van der Waals surface area contributed by atoms with Crippen LogP contribution in [0.4, 0.5) is 0 Å². The number of nitrogens with zero attached hydrogens (tertiary/aromatic N) is 2. The molecule has 1 saturated heterocycles. The van der Waals surface area contributed by atoms with Gasteiger partial charge >= 0.3 is 0 Å². The number of hydrogen-bond acceptors (Lipinski definition) is 8. The van der Waals surface area contributed by atoms with E-state index < -0.39 is 50.8 Å². The van der Waals surface area contributed by atoms with Crippen LogP contribution in [-0.4, -0.2) is 59.0 Å². The average Bonchev–Trinajstić information content (AvgIpc) is 3.37. The summed E-state index contributed by atoms with van der Waals surface area (Å²) in [4.78, 5) is 4.56. The predicted octanol–water partition coefficient (Wildman–Crippen LogP) is 5.24. The number of fused-ring (bicyclic) bond motifs is 1. The van der Waals surface area contributed by atoms with Gasteiger partial charge in [0.25, 0.3) is 10.1 Å². The Morgan fingerprint density at radius 1 is 1.05 bits per heavy atom. The van der Waals surface area contributed by atoms with Crippen molar-refractivity contribution in [1.29, 1.82) is 0 Å². The average molecular weight is 582 g/mol. The second kappa shape index (κ2) is 9.25. The quantitative estimate of drug-likeness (QED) is 0.364. The van der Waals surface area contributed by atoms with Crippen molar-refractivity contribution in [3.8, 4) is 0 Å². The van der Waals surface area contributed by atoms with E-state index >= 15 is 0 Å². The monoisotopic (exact) mass is 581 g/mol. The lowest BCUT2D eigenvalue weighted by molar-refractivity contribution is -0.0534. The van der Waals surface area contributed by atoms with Crippen molar-refractivity contribution < 1.29 is 26.2 Å². The summed E-state index contributed by atoms with van der Waals surface area (Å²) in [6, 6.07) is 7.72. The minimum absolute atomic E-state index is 0.0558. The summed E-state index contributed by atoms with van der Waals surface area (Å²) in [5.41, 5.74) is 6.68. The van der Waals surface area contributed by atoms with Crippen LogP contribution in [0.5, 0.6) is 0 Å². The molecule has 0 saturated carbocycles. The fourth-order valence-corrected chi connectivity index (χ4v) is 7.90. The molecule has 3 heterocycles. The molecule has 9 nitrogen and oxygen atoms in total. The Hall–Kier alpha value is -1.55. The minimum atomic E-state index is -4.06. The number of hydrogen-bond donors (Lipinski definition) is 1. The zero-order valence-corrected chi connectivity index (χ0v) is 27.0. The molecule has 1 spiro atoms. The summed E-state index contributed by atoms with van der Waals surface area (Å²) in [5, 5.41) is 0.771. The molecule has 2 unspecified atom stereocenters. The topological polar surface area (TPSA) is 115 Å². The van der Waals surface area contributed by atoms with Gasteiger partial charge in [0.2, 0.25) is 0 Å². The number of nitrogens with two attached hydrogens (primary N) is 1. The van der Waals surface area contributed by atoms with Crippen molar-refractivity contribution >= 4 is 37.8 Å². The third-order valence-electron chi connectivity index (χ3n) is 8.83. The number of aromatic nitrogens is 2. The highest BCUT2D eigenvalue weighted by Crippen LogP contribution is 2.52. The maximum Gasteiger partial charge on any atom is 0.292 e. The Morgan fingerprint density at radius 2 is 1.66 bits per heavy atom. The van der Waals surface area contributed by atoms with Crippen LogP contribution in [0.2, 0.25) is 36.3 Å². The maximum atomic E-state index is 12.9. The van der Waals surface area contributed by atoms with Crippen LogP contribution in [0.15, 0.2) is 41.7 Å². The molecule has 4 atom stereocenters. The lowest BCUT2D eigenvalue weighted by Crippen LogP contribution is -2.59. The Balaban J connectivity index is 1.87. The molecule has 0 bridgehead atoms. The Bertz CT molecular complexity index is 1340. The van der Waals surface area contributed by atoms with E-state index in [4.69, 9.17) is 23.5 Å². The van der Waals surface area contributed by atoms with Crippen molar-refractivity contribution in [3.05, 3.63) is 41.7 Å².